The maximum atomic E-state index is 5.92. The monoisotopic (exact) mass is 229 g/mol. The van der Waals surface area contributed by atoms with Crippen LogP contribution in [0.2, 0.25) is 5.02 Å². The Morgan fingerprint density at radius 3 is 2.88 bits per heavy atom. The van der Waals surface area contributed by atoms with Crippen molar-refractivity contribution < 1.29 is 4.42 Å². The van der Waals surface area contributed by atoms with Crippen molar-refractivity contribution in [1.29, 1.82) is 0 Å². The zero-order chi connectivity index (χ0) is 11.0. The summed E-state index contributed by atoms with van der Waals surface area (Å²) >= 11 is 5.92. The highest BCUT2D eigenvalue weighted by atomic mass is 35.5. The molecule has 2 aromatic heterocycles. The molecule has 3 rings (SSSR count). The van der Waals surface area contributed by atoms with Gasteiger partial charge in [-0.05, 0) is 36.4 Å². The topological polar surface area (TPSA) is 26.0 Å². The predicted octanol–water partition coefficient (Wildman–Crippen LogP) is 4.15. The van der Waals surface area contributed by atoms with E-state index in [-0.39, 0.29) is 0 Å². The van der Waals surface area contributed by atoms with Crippen molar-refractivity contribution in [2.24, 2.45) is 0 Å². The van der Waals surface area contributed by atoms with Crippen LogP contribution in [-0.4, -0.2) is 4.98 Å². The molecular formula is C13H8ClNO. The Morgan fingerprint density at radius 2 is 2.06 bits per heavy atom. The molecule has 0 aliphatic carbocycles. The number of pyridine rings is 1. The Morgan fingerprint density at radius 1 is 1.12 bits per heavy atom. The second kappa shape index (κ2) is 3.65. The van der Waals surface area contributed by atoms with Crippen LogP contribution in [0.5, 0.6) is 0 Å². The third-order valence-electron chi connectivity index (χ3n) is 2.42. The van der Waals surface area contributed by atoms with Crippen LogP contribution in [0.3, 0.4) is 0 Å². The lowest BCUT2D eigenvalue weighted by molar-refractivity contribution is 0.631. The standard InChI is InChI=1S/C13H8ClNO/c14-11-3-4-12-10(6-11)7-13(16-12)9-2-1-5-15-8-9/h1-8H. The summed E-state index contributed by atoms with van der Waals surface area (Å²) in [4.78, 5) is 4.06. The normalized spacial score (nSPS) is 10.8. The van der Waals surface area contributed by atoms with E-state index in [4.69, 9.17) is 16.0 Å². The molecule has 0 aliphatic heterocycles. The van der Waals surface area contributed by atoms with Crippen LogP contribution >= 0.6 is 11.6 Å². The third kappa shape index (κ3) is 1.57. The molecule has 16 heavy (non-hydrogen) atoms. The Labute approximate surface area is 97.5 Å². The number of hydrogen-bond donors (Lipinski definition) is 0. The Balaban J connectivity index is 2.19. The Hall–Kier alpha value is -1.80. The molecule has 0 fully saturated rings. The van der Waals surface area contributed by atoms with Crippen molar-refractivity contribution in [2.45, 2.75) is 0 Å². The number of nitrogens with zero attached hydrogens (tertiary/aromatic N) is 1. The van der Waals surface area contributed by atoms with Gasteiger partial charge in [-0.2, -0.15) is 0 Å². The largest absolute Gasteiger partial charge is 0.456 e. The maximum absolute atomic E-state index is 5.92. The first kappa shape index (κ1) is 9.43. The molecule has 0 aliphatic rings. The van der Waals surface area contributed by atoms with Gasteiger partial charge in [0, 0.05) is 28.4 Å². The molecule has 0 saturated carbocycles. The fourth-order valence-corrected chi connectivity index (χ4v) is 1.85. The van der Waals surface area contributed by atoms with Crippen LogP contribution < -0.4 is 0 Å². The molecule has 0 atom stereocenters. The van der Waals surface area contributed by atoms with Crippen molar-refractivity contribution in [3.8, 4) is 11.3 Å². The van der Waals surface area contributed by atoms with Crippen molar-refractivity contribution in [3.63, 3.8) is 0 Å². The molecule has 3 heteroatoms. The lowest BCUT2D eigenvalue weighted by atomic mass is 10.2. The molecule has 0 radical (unpaired) electrons. The summed E-state index contributed by atoms with van der Waals surface area (Å²) in [6.07, 6.45) is 3.52. The van der Waals surface area contributed by atoms with Crippen LogP contribution in [-0.2, 0) is 0 Å². The minimum Gasteiger partial charge on any atom is -0.456 e. The number of hydrogen-bond acceptors (Lipinski definition) is 2. The van der Waals surface area contributed by atoms with E-state index < -0.39 is 0 Å². The number of halogens is 1. The third-order valence-corrected chi connectivity index (χ3v) is 2.66. The summed E-state index contributed by atoms with van der Waals surface area (Å²) in [7, 11) is 0. The number of furan rings is 1. The lowest BCUT2D eigenvalue weighted by Crippen LogP contribution is -1.73. The molecule has 0 bridgehead atoms. The van der Waals surface area contributed by atoms with E-state index in [9.17, 15) is 0 Å². The van der Waals surface area contributed by atoms with Gasteiger partial charge in [0.2, 0.25) is 0 Å². The quantitative estimate of drug-likeness (QED) is 0.627. The second-order valence-electron chi connectivity index (χ2n) is 3.53. The average molecular weight is 230 g/mol. The fraction of sp³-hybridized carbons (Fsp3) is 0. The first-order valence-corrected chi connectivity index (χ1v) is 5.30. The fourth-order valence-electron chi connectivity index (χ4n) is 1.66. The van der Waals surface area contributed by atoms with Crippen LogP contribution in [0.25, 0.3) is 22.3 Å². The Bertz CT molecular complexity index is 631. The summed E-state index contributed by atoms with van der Waals surface area (Å²) in [5.41, 5.74) is 1.80. The number of aromatic nitrogens is 1. The molecule has 0 spiro atoms. The first-order valence-electron chi connectivity index (χ1n) is 4.92. The number of rotatable bonds is 1. The van der Waals surface area contributed by atoms with Gasteiger partial charge in [0.15, 0.2) is 0 Å². The van der Waals surface area contributed by atoms with Gasteiger partial charge in [0.25, 0.3) is 0 Å². The summed E-state index contributed by atoms with van der Waals surface area (Å²) in [6.45, 7) is 0. The molecular weight excluding hydrogens is 222 g/mol. The molecule has 0 N–H and O–H groups in total. The van der Waals surface area contributed by atoms with E-state index in [1.807, 2.05) is 36.4 Å². The molecule has 2 nitrogen and oxygen atoms in total. The molecule has 0 saturated heterocycles. The molecule has 0 amide bonds. The maximum Gasteiger partial charge on any atom is 0.136 e. The summed E-state index contributed by atoms with van der Waals surface area (Å²) in [5.74, 6) is 0.811. The van der Waals surface area contributed by atoms with Gasteiger partial charge in [-0.25, -0.2) is 0 Å². The van der Waals surface area contributed by atoms with E-state index in [0.29, 0.717) is 5.02 Å². The number of fused-ring (bicyclic) bond motifs is 1. The molecule has 3 aromatic rings. The van der Waals surface area contributed by atoms with Crippen molar-refractivity contribution in [3.05, 3.63) is 53.8 Å². The summed E-state index contributed by atoms with van der Waals surface area (Å²) < 4.78 is 5.71. The van der Waals surface area contributed by atoms with E-state index in [2.05, 4.69) is 4.98 Å². The minimum atomic E-state index is 0.714. The SMILES string of the molecule is Clc1ccc2oc(-c3cccnc3)cc2c1. The van der Waals surface area contributed by atoms with Crippen molar-refractivity contribution in [2.75, 3.05) is 0 Å². The van der Waals surface area contributed by atoms with E-state index in [1.165, 1.54) is 0 Å². The minimum absolute atomic E-state index is 0.714. The highest BCUT2D eigenvalue weighted by molar-refractivity contribution is 6.31. The van der Waals surface area contributed by atoms with Gasteiger partial charge in [0.1, 0.15) is 11.3 Å². The zero-order valence-corrected chi connectivity index (χ0v) is 9.11. The van der Waals surface area contributed by atoms with Gasteiger partial charge in [0.05, 0.1) is 0 Å². The molecule has 78 valence electrons. The van der Waals surface area contributed by atoms with Crippen molar-refractivity contribution in [1.82, 2.24) is 4.98 Å². The highest BCUT2D eigenvalue weighted by Gasteiger charge is 2.05. The molecule has 1 aromatic carbocycles. The smallest absolute Gasteiger partial charge is 0.136 e. The van der Waals surface area contributed by atoms with Gasteiger partial charge in [-0.1, -0.05) is 11.6 Å². The summed E-state index contributed by atoms with van der Waals surface area (Å²) in [6, 6.07) is 11.4. The molecule has 2 heterocycles. The van der Waals surface area contributed by atoms with Gasteiger partial charge < -0.3 is 4.42 Å². The van der Waals surface area contributed by atoms with E-state index >= 15 is 0 Å². The van der Waals surface area contributed by atoms with Gasteiger partial charge >= 0.3 is 0 Å². The predicted molar refractivity (Wildman–Crippen MR) is 64.5 cm³/mol. The van der Waals surface area contributed by atoms with Gasteiger partial charge in [-0.3, -0.25) is 4.98 Å². The first-order chi connectivity index (χ1) is 7.83. The van der Waals surface area contributed by atoms with E-state index in [0.717, 1.165) is 22.3 Å². The zero-order valence-electron chi connectivity index (χ0n) is 8.35. The van der Waals surface area contributed by atoms with Crippen molar-refractivity contribution >= 4 is 22.6 Å². The lowest BCUT2D eigenvalue weighted by Gasteiger charge is -1.92. The van der Waals surface area contributed by atoms with Crippen LogP contribution in [0.15, 0.2) is 53.2 Å². The van der Waals surface area contributed by atoms with Crippen LogP contribution in [0.4, 0.5) is 0 Å². The van der Waals surface area contributed by atoms with Gasteiger partial charge in [-0.15, -0.1) is 0 Å². The van der Waals surface area contributed by atoms with Crippen LogP contribution in [0.1, 0.15) is 0 Å². The second-order valence-corrected chi connectivity index (χ2v) is 3.97. The number of benzene rings is 1. The molecule has 0 unspecified atom stereocenters. The summed E-state index contributed by atoms with van der Waals surface area (Å²) in [5, 5.41) is 1.72. The van der Waals surface area contributed by atoms with Crippen LogP contribution in [0, 0.1) is 0 Å². The highest BCUT2D eigenvalue weighted by Crippen LogP contribution is 2.28. The van der Waals surface area contributed by atoms with E-state index in [1.54, 1.807) is 12.4 Å². The Kier molecular flexibility index (Phi) is 2.15. The average Bonchev–Trinajstić information content (AvgIpc) is 2.73.